The van der Waals surface area contributed by atoms with E-state index in [9.17, 15) is 5.26 Å². The maximum Gasteiger partial charge on any atom is 0.0672 e. The van der Waals surface area contributed by atoms with Crippen molar-refractivity contribution < 1.29 is 0 Å². The Bertz CT molecular complexity index is 452. The highest BCUT2D eigenvalue weighted by Crippen LogP contribution is 2.26. The molecule has 2 rings (SSSR count). The van der Waals surface area contributed by atoms with Crippen molar-refractivity contribution >= 4 is 11.6 Å². The molecule has 102 valence electrons. The summed E-state index contributed by atoms with van der Waals surface area (Å²) >= 11 is 6.03. The summed E-state index contributed by atoms with van der Waals surface area (Å²) in [5.41, 5.74) is 1.19. The third kappa shape index (κ3) is 3.96. The van der Waals surface area contributed by atoms with E-state index >= 15 is 0 Å². The fraction of sp³-hybridized carbons (Fsp3) is 0.562. The number of hydrogen-bond donors (Lipinski definition) is 1. The second-order valence-corrected chi connectivity index (χ2v) is 5.86. The lowest BCUT2D eigenvalue weighted by Gasteiger charge is -2.25. The normalized spacial score (nSPS) is 25.3. The molecule has 0 amide bonds. The first-order chi connectivity index (χ1) is 9.20. The number of hydrogen-bond acceptors (Lipinski definition) is 2. The fourth-order valence-corrected chi connectivity index (χ4v) is 3.05. The van der Waals surface area contributed by atoms with Crippen molar-refractivity contribution in [2.24, 2.45) is 5.92 Å². The number of nitrogens with one attached hydrogen (secondary N) is 1. The number of rotatable bonds is 3. The number of halogens is 1. The topological polar surface area (TPSA) is 35.8 Å². The van der Waals surface area contributed by atoms with Crippen LogP contribution in [0.25, 0.3) is 0 Å². The smallest absolute Gasteiger partial charge is 0.0672 e. The molecule has 1 aromatic rings. The van der Waals surface area contributed by atoms with Crippen molar-refractivity contribution in [2.45, 2.75) is 51.1 Å². The second-order valence-electron chi connectivity index (χ2n) is 5.42. The maximum atomic E-state index is 9.30. The average molecular weight is 277 g/mol. The Morgan fingerprint density at radius 3 is 2.84 bits per heavy atom. The second kappa shape index (κ2) is 6.93. The van der Waals surface area contributed by atoms with E-state index in [0.717, 1.165) is 17.9 Å². The number of nitriles is 1. The van der Waals surface area contributed by atoms with Crippen molar-refractivity contribution in [1.82, 2.24) is 5.32 Å². The highest BCUT2D eigenvalue weighted by Gasteiger charge is 2.24. The summed E-state index contributed by atoms with van der Waals surface area (Å²) in [5, 5.41) is 13.7. The van der Waals surface area contributed by atoms with E-state index in [1.54, 1.807) is 0 Å². The lowest BCUT2D eigenvalue weighted by atomic mass is 9.95. The summed E-state index contributed by atoms with van der Waals surface area (Å²) in [4.78, 5) is 0. The molecule has 0 radical (unpaired) electrons. The summed E-state index contributed by atoms with van der Waals surface area (Å²) in [6.07, 6.45) is 5.78. The van der Waals surface area contributed by atoms with Gasteiger partial charge in [0.25, 0.3) is 0 Å². The summed E-state index contributed by atoms with van der Waals surface area (Å²) in [5.74, 6) is 0.143. The first-order valence-electron chi connectivity index (χ1n) is 7.12. The Labute approximate surface area is 120 Å². The van der Waals surface area contributed by atoms with Crippen LogP contribution in [0.5, 0.6) is 0 Å². The van der Waals surface area contributed by atoms with Gasteiger partial charge in [0.15, 0.2) is 0 Å². The lowest BCUT2D eigenvalue weighted by molar-refractivity contribution is 0.361. The van der Waals surface area contributed by atoms with E-state index in [-0.39, 0.29) is 12.0 Å². The molecule has 0 heterocycles. The summed E-state index contributed by atoms with van der Waals surface area (Å²) in [6.45, 7) is 2.14. The van der Waals surface area contributed by atoms with Gasteiger partial charge in [0.2, 0.25) is 0 Å². The van der Waals surface area contributed by atoms with E-state index in [1.165, 1.54) is 24.8 Å². The van der Waals surface area contributed by atoms with Crippen molar-refractivity contribution in [2.75, 3.05) is 0 Å². The maximum absolute atomic E-state index is 9.30. The van der Waals surface area contributed by atoms with Gasteiger partial charge in [-0.1, -0.05) is 43.0 Å². The van der Waals surface area contributed by atoms with Gasteiger partial charge in [-0.2, -0.15) is 5.26 Å². The SMILES string of the molecule is C[C@H](NC1CCCCCC1C#N)c1cccc(Cl)c1. The summed E-state index contributed by atoms with van der Waals surface area (Å²) < 4.78 is 0. The predicted molar refractivity (Wildman–Crippen MR) is 79.0 cm³/mol. The van der Waals surface area contributed by atoms with E-state index in [2.05, 4.69) is 24.4 Å². The quantitative estimate of drug-likeness (QED) is 0.827. The molecule has 2 nitrogen and oxygen atoms in total. The van der Waals surface area contributed by atoms with Crippen LogP contribution < -0.4 is 5.32 Å². The Balaban J connectivity index is 2.04. The van der Waals surface area contributed by atoms with Crippen LogP contribution in [0, 0.1) is 17.2 Å². The largest absolute Gasteiger partial charge is 0.306 e. The molecule has 1 aliphatic rings. The first-order valence-corrected chi connectivity index (χ1v) is 7.49. The Kier molecular flexibility index (Phi) is 5.24. The first kappa shape index (κ1) is 14.4. The van der Waals surface area contributed by atoms with Crippen LogP contribution in [0.15, 0.2) is 24.3 Å². The van der Waals surface area contributed by atoms with E-state index in [4.69, 9.17) is 11.6 Å². The molecule has 1 N–H and O–H groups in total. The molecule has 3 heteroatoms. The Morgan fingerprint density at radius 2 is 2.11 bits per heavy atom. The van der Waals surface area contributed by atoms with E-state index in [0.29, 0.717) is 6.04 Å². The van der Waals surface area contributed by atoms with E-state index < -0.39 is 0 Å². The predicted octanol–water partition coefficient (Wildman–Crippen LogP) is 4.46. The third-order valence-corrected chi connectivity index (χ3v) is 4.23. The monoisotopic (exact) mass is 276 g/mol. The molecule has 2 unspecified atom stereocenters. The number of nitrogens with zero attached hydrogens (tertiary/aromatic N) is 1. The van der Waals surface area contributed by atoms with Gasteiger partial charge in [0.1, 0.15) is 0 Å². The van der Waals surface area contributed by atoms with Gasteiger partial charge in [-0.25, -0.2) is 0 Å². The van der Waals surface area contributed by atoms with Crippen LogP contribution in [0.3, 0.4) is 0 Å². The molecule has 0 bridgehead atoms. The highest BCUT2D eigenvalue weighted by atomic mass is 35.5. The van der Waals surface area contributed by atoms with Crippen LogP contribution in [0.2, 0.25) is 5.02 Å². The summed E-state index contributed by atoms with van der Waals surface area (Å²) in [7, 11) is 0. The molecule has 19 heavy (non-hydrogen) atoms. The van der Waals surface area contributed by atoms with Gasteiger partial charge in [0.05, 0.1) is 12.0 Å². The van der Waals surface area contributed by atoms with Gasteiger partial charge in [-0.05, 0) is 37.5 Å². The molecular formula is C16H21ClN2. The minimum atomic E-state index is 0.143. The molecule has 1 aromatic carbocycles. The van der Waals surface area contributed by atoms with Crippen LogP contribution in [-0.2, 0) is 0 Å². The number of benzene rings is 1. The van der Waals surface area contributed by atoms with Gasteiger partial charge >= 0.3 is 0 Å². The van der Waals surface area contributed by atoms with Gasteiger partial charge < -0.3 is 5.32 Å². The molecule has 0 aromatic heterocycles. The zero-order valence-electron chi connectivity index (χ0n) is 11.4. The molecule has 0 spiro atoms. The summed E-state index contributed by atoms with van der Waals surface area (Å²) in [6, 6.07) is 11.0. The molecule has 1 fully saturated rings. The van der Waals surface area contributed by atoms with Crippen molar-refractivity contribution in [3.63, 3.8) is 0 Å². The third-order valence-electron chi connectivity index (χ3n) is 3.99. The highest BCUT2D eigenvalue weighted by molar-refractivity contribution is 6.30. The Morgan fingerprint density at radius 1 is 1.32 bits per heavy atom. The van der Waals surface area contributed by atoms with Gasteiger partial charge in [-0.15, -0.1) is 0 Å². The van der Waals surface area contributed by atoms with Gasteiger partial charge in [0, 0.05) is 17.1 Å². The minimum Gasteiger partial charge on any atom is -0.306 e. The molecule has 0 saturated heterocycles. The van der Waals surface area contributed by atoms with Gasteiger partial charge in [-0.3, -0.25) is 0 Å². The molecule has 0 aliphatic heterocycles. The molecule has 3 atom stereocenters. The minimum absolute atomic E-state index is 0.143. The van der Waals surface area contributed by atoms with Crippen LogP contribution >= 0.6 is 11.6 Å². The fourth-order valence-electron chi connectivity index (χ4n) is 2.85. The average Bonchev–Trinajstić information content (AvgIpc) is 2.63. The van der Waals surface area contributed by atoms with Crippen LogP contribution in [0.1, 0.15) is 50.6 Å². The van der Waals surface area contributed by atoms with Crippen molar-refractivity contribution in [3.05, 3.63) is 34.9 Å². The lowest BCUT2D eigenvalue weighted by Crippen LogP contribution is -2.36. The van der Waals surface area contributed by atoms with E-state index in [1.807, 2.05) is 18.2 Å². The zero-order chi connectivity index (χ0) is 13.7. The molecule has 1 saturated carbocycles. The Hall–Kier alpha value is -1.04. The van der Waals surface area contributed by atoms with Crippen LogP contribution in [0.4, 0.5) is 0 Å². The van der Waals surface area contributed by atoms with Crippen molar-refractivity contribution in [3.8, 4) is 6.07 Å². The van der Waals surface area contributed by atoms with Crippen molar-refractivity contribution in [1.29, 1.82) is 5.26 Å². The van der Waals surface area contributed by atoms with Crippen LogP contribution in [-0.4, -0.2) is 6.04 Å². The zero-order valence-corrected chi connectivity index (χ0v) is 12.2. The molecule has 1 aliphatic carbocycles. The molecular weight excluding hydrogens is 256 g/mol. The standard InChI is InChI=1S/C16H21ClN2/c1-12(13-7-5-8-15(17)10-13)19-16-9-4-2-3-6-14(16)11-18/h5,7-8,10,12,14,16,19H,2-4,6,9H2,1H3/t12-,14?,16?/m0/s1.